The SMILES string of the molecule is Cc1cc(NC(=O)Nc2ccc(Cl)c([N+](=O)[O-])c2)nn1C. The molecule has 0 unspecified atom stereocenters. The summed E-state index contributed by atoms with van der Waals surface area (Å²) in [4.78, 5) is 21.9. The number of hydrogen-bond donors (Lipinski definition) is 2. The normalized spacial score (nSPS) is 10.2. The van der Waals surface area contributed by atoms with E-state index in [1.807, 2.05) is 6.92 Å². The quantitative estimate of drug-likeness (QED) is 0.672. The average molecular weight is 310 g/mol. The number of nitrogens with zero attached hydrogens (tertiary/aromatic N) is 3. The van der Waals surface area contributed by atoms with E-state index in [-0.39, 0.29) is 16.4 Å². The highest BCUT2D eigenvalue weighted by Crippen LogP contribution is 2.27. The van der Waals surface area contributed by atoms with Crippen LogP contribution < -0.4 is 10.6 Å². The van der Waals surface area contributed by atoms with Crippen LogP contribution >= 0.6 is 11.6 Å². The minimum Gasteiger partial charge on any atom is -0.307 e. The number of carbonyl (C=O) groups excluding carboxylic acids is 1. The molecule has 0 saturated heterocycles. The van der Waals surface area contributed by atoms with Crippen molar-refractivity contribution in [3.63, 3.8) is 0 Å². The zero-order chi connectivity index (χ0) is 15.6. The predicted octanol–water partition coefficient (Wildman–Crippen LogP) is 2.93. The maximum atomic E-state index is 11.8. The third-order valence-corrected chi connectivity index (χ3v) is 3.08. The summed E-state index contributed by atoms with van der Waals surface area (Å²) in [6, 6.07) is 5.15. The Morgan fingerprint density at radius 3 is 2.67 bits per heavy atom. The van der Waals surface area contributed by atoms with E-state index in [2.05, 4.69) is 15.7 Å². The van der Waals surface area contributed by atoms with Gasteiger partial charge in [-0.3, -0.25) is 20.1 Å². The van der Waals surface area contributed by atoms with Crippen LogP contribution in [0.1, 0.15) is 5.69 Å². The number of nitro benzene ring substituents is 1. The van der Waals surface area contributed by atoms with E-state index in [0.717, 1.165) is 5.69 Å². The lowest BCUT2D eigenvalue weighted by Gasteiger charge is -2.05. The fraction of sp³-hybridized carbons (Fsp3) is 0.167. The van der Waals surface area contributed by atoms with E-state index >= 15 is 0 Å². The van der Waals surface area contributed by atoms with Crippen LogP contribution in [0.3, 0.4) is 0 Å². The molecule has 9 heteroatoms. The van der Waals surface area contributed by atoms with E-state index in [0.29, 0.717) is 5.82 Å². The van der Waals surface area contributed by atoms with Gasteiger partial charge in [0.05, 0.1) is 4.92 Å². The molecule has 2 amide bonds. The lowest BCUT2D eigenvalue weighted by molar-refractivity contribution is -0.384. The summed E-state index contributed by atoms with van der Waals surface area (Å²) in [6.07, 6.45) is 0. The minimum absolute atomic E-state index is 0.00584. The zero-order valence-electron chi connectivity index (χ0n) is 11.3. The Morgan fingerprint density at radius 1 is 1.38 bits per heavy atom. The maximum absolute atomic E-state index is 11.8. The van der Waals surface area contributed by atoms with Crippen molar-refractivity contribution in [2.24, 2.45) is 7.05 Å². The molecule has 0 atom stereocenters. The highest BCUT2D eigenvalue weighted by atomic mass is 35.5. The van der Waals surface area contributed by atoms with Gasteiger partial charge >= 0.3 is 6.03 Å². The lowest BCUT2D eigenvalue weighted by Crippen LogP contribution is -2.19. The first kappa shape index (κ1) is 14.8. The summed E-state index contributed by atoms with van der Waals surface area (Å²) in [6.45, 7) is 1.85. The number of halogens is 1. The average Bonchev–Trinajstić information content (AvgIpc) is 2.70. The van der Waals surface area contributed by atoms with Crippen LogP contribution in [-0.4, -0.2) is 20.7 Å². The second kappa shape index (κ2) is 5.80. The Hall–Kier alpha value is -2.61. The van der Waals surface area contributed by atoms with Gasteiger partial charge in [-0.05, 0) is 19.1 Å². The number of anilines is 2. The van der Waals surface area contributed by atoms with E-state index in [1.54, 1.807) is 17.8 Å². The Bertz CT molecular complexity index is 693. The monoisotopic (exact) mass is 309 g/mol. The Kier molecular flexibility index (Phi) is 4.08. The fourth-order valence-electron chi connectivity index (χ4n) is 1.63. The smallest absolute Gasteiger partial charge is 0.307 e. The molecular weight excluding hydrogens is 298 g/mol. The third kappa shape index (κ3) is 3.48. The number of nitro groups is 1. The fourth-order valence-corrected chi connectivity index (χ4v) is 1.82. The number of hydrogen-bond acceptors (Lipinski definition) is 4. The van der Waals surface area contributed by atoms with Crippen molar-refractivity contribution in [1.82, 2.24) is 9.78 Å². The molecule has 8 nitrogen and oxygen atoms in total. The number of carbonyl (C=O) groups is 1. The third-order valence-electron chi connectivity index (χ3n) is 2.76. The first-order valence-electron chi connectivity index (χ1n) is 5.89. The second-order valence-corrected chi connectivity index (χ2v) is 4.70. The number of amides is 2. The van der Waals surface area contributed by atoms with Crippen LogP contribution in [0.15, 0.2) is 24.3 Å². The Labute approximate surface area is 124 Å². The molecule has 1 heterocycles. The highest BCUT2D eigenvalue weighted by molar-refractivity contribution is 6.32. The van der Waals surface area contributed by atoms with Gasteiger partial charge in [-0.25, -0.2) is 4.79 Å². The van der Waals surface area contributed by atoms with E-state index in [1.165, 1.54) is 18.2 Å². The van der Waals surface area contributed by atoms with Gasteiger partial charge in [0.1, 0.15) is 5.02 Å². The standard InChI is InChI=1S/C12H12ClN5O3/c1-7-5-11(16-17(7)2)15-12(19)14-8-3-4-9(13)10(6-8)18(20)21/h3-6H,1-2H3,(H2,14,15,16,19). The van der Waals surface area contributed by atoms with Gasteiger partial charge in [0, 0.05) is 30.6 Å². The van der Waals surface area contributed by atoms with Crippen LogP contribution in [0.2, 0.25) is 5.02 Å². The number of urea groups is 1. The highest BCUT2D eigenvalue weighted by Gasteiger charge is 2.14. The molecule has 2 N–H and O–H groups in total. The molecule has 0 radical (unpaired) electrons. The first-order chi connectivity index (χ1) is 9.86. The summed E-state index contributed by atoms with van der Waals surface area (Å²) >= 11 is 5.69. The van der Waals surface area contributed by atoms with Crippen molar-refractivity contribution >= 4 is 34.8 Å². The predicted molar refractivity (Wildman–Crippen MR) is 78.7 cm³/mol. The number of rotatable bonds is 3. The van der Waals surface area contributed by atoms with E-state index in [9.17, 15) is 14.9 Å². The van der Waals surface area contributed by atoms with Crippen LogP contribution in [0.4, 0.5) is 22.0 Å². The van der Waals surface area contributed by atoms with Crippen molar-refractivity contribution in [2.75, 3.05) is 10.6 Å². The molecule has 1 aromatic carbocycles. The molecule has 110 valence electrons. The topological polar surface area (TPSA) is 102 Å². The Balaban J connectivity index is 2.09. The molecule has 21 heavy (non-hydrogen) atoms. The molecular formula is C12H12ClN5O3. The molecule has 0 spiro atoms. The molecule has 0 saturated carbocycles. The molecule has 0 bridgehead atoms. The largest absolute Gasteiger partial charge is 0.324 e. The first-order valence-corrected chi connectivity index (χ1v) is 6.27. The minimum atomic E-state index is -0.618. The summed E-state index contributed by atoms with van der Waals surface area (Å²) in [7, 11) is 1.75. The summed E-state index contributed by atoms with van der Waals surface area (Å²) in [5, 5.41) is 19.9. The summed E-state index contributed by atoms with van der Waals surface area (Å²) in [5.41, 5.74) is 0.867. The van der Waals surface area contributed by atoms with E-state index in [4.69, 9.17) is 11.6 Å². The van der Waals surface area contributed by atoms with Crippen molar-refractivity contribution < 1.29 is 9.72 Å². The van der Waals surface area contributed by atoms with E-state index < -0.39 is 11.0 Å². The number of aromatic nitrogens is 2. The van der Waals surface area contributed by atoms with Crippen LogP contribution in [0, 0.1) is 17.0 Å². The molecule has 0 aliphatic carbocycles. The second-order valence-electron chi connectivity index (χ2n) is 4.30. The van der Waals surface area contributed by atoms with Gasteiger partial charge in [-0.15, -0.1) is 0 Å². The van der Waals surface area contributed by atoms with Gasteiger partial charge in [-0.2, -0.15) is 5.10 Å². The van der Waals surface area contributed by atoms with Crippen molar-refractivity contribution in [3.8, 4) is 0 Å². The van der Waals surface area contributed by atoms with Gasteiger partial charge < -0.3 is 5.32 Å². The lowest BCUT2D eigenvalue weighted by atomic mass is 10.3. The molecule has 0 fully saturated rings. The van der Waals surface area contributed by atoms with Gasteiger partial charge in [0.15, 0.2) is 5.82 Å². The number of aryl methyl sites for hydroxylation is 2. The molecule has 2 aromatic rings. The molecule has 1 aromatic heterocycles. The zero-order valence-corrected chi connectivity index (χ0v) is 12.0. The summed E-state index contributed by atoms with van der Waals surface area (Å²) < 4.78 is 1.61. The number of benzene rings is 1. The molecule has 0 aliphatic rings. The van der Waals surface area contributed by atoms with Crippen LogP contribution in [0.25, 0.3) is 0 Å². The maximum Gasteiger partial charge on any atom is 0.324 e. The molecule has 2 rings (SSSR count). The van der Waals surface area contributed by atoms with Crippen molar-refractivity contribution in [1.29, 1.82) is 0 Å². The van der Waals surface area contributed by atoms with Crippen LogP contribution in [-0.2, 0) is 7.05 Å². The summed E-state index contributed by atoms with van der Waals surface area (Å²) in [5.74, 6) is 0.385. The van der Waals surface area contributed by atoms with Crippen molar-refractivity contribution in [3.05, 3.63) is 45.1 Å². The van der Waals surface area contributed by atoms with Crippen molar-refractivity contribution in [2.45, 2.75) is 6.92 Å². The van der Waals surface area contributed by atoms with Crippen LogP contribution in [0.5, 0.6) is 0 Å². The van der Waals surface area contributed by atoms with Gasteiger partial charge in [-0.1, -0.05) is 11.6 Å². The number of nitrogens with one attached hydrogen (secondary N) is 2. The Morgan fingerprint density at radius 2 is 2.10 bits per heavy atom. The van der Waals surface area contributed by atoms with Gasteiger partial charge in [0.25, 0.3) is 5.69 Å². The van der Waals surface area contributed by atoms with Gasteiger partial charge in [0.2, 0.25) is 0 Å². The molecule has 0 aliphatic heterocycles.